The highest BCUT2D eigenvalue weighted by Crippen LogP contribution is 2.44. The molecule has 0 unspecified atom stereocenters. The molecule has 3 rings (SSSR count). The fourth-order valence-corrected chi connectivity index (χ4v) is 6.11. The van der Waals surface area contributed by atoms with E-state index < -0.39 is 10.0 Å². The topological polar surface area (TPSA) is 37.4 Å². The second-order valence-corrected chi connectivity index (χ2v) is 9.96. The van der Waals surface area contributed by atoms with E-state index in [0.717, 1.165) is 18.4 Å². The van der Waals surface area contributed by atoms with E-state index >= 15 is 0 Å². The molecule has 110 valence electrons. The summed E-state index contributed by atoms with van der Waals surface area (Å²) in [6, 6.07) is 7.28. The van der Waals surface area contributed by atoms with E-state index in [4.69, 9.17) is 0 Å². The molecule has 2 aliphatic rings. The van der Waals surface area contributed by atoms with Gasteiger partial charge in [-0.15, -0.1) is 0 Å². The van der Waals surface area contributed by atoms with Gasteiger partial charge in [0.15, 0.2) is 0 Å². The van der Waals surface area contributed by atoms with Gasteiger partial charge >= 0.3 is 0 Å². The van der Waals surface area contributed by atoms with Gasteiger partial charge in [-0.3, -0.25) is 0 Å². The summed E-state index contributed by atoms with van der Waals surface area (Å²) in [6.07, 6.45) is 1.92. The molecule has 1 saturated carbocycles. The molecular weight excluding hydrogens is 406 g/mol. The molecule has 1 aromatic carbocycles. The van der Waals surface area contributed by atoms with Gasteiger partial charge in [0.05, 0.1) is 4.90 Å². The Morgan fingerprint density at radius 1 is 1.10 bits per heavy atom. The van der Waals surface area contributed by atoms with Crippen LogP contribution in [-0.4, -0.2) is 35.0 Å². The Bertz CT molecular complexity index is 602. The Morgan fingerprint density at radius 3 is 2.35 bits per heavy atom. The fraction of sp³-hybridized carbons (Fsp3) is 0.571. The van der Waals surface area contributed by atoms with Gasteiger partial charge in [0, 0.05) is 22.2 Å². The molecule has 6 heteroatoms. The predicted molar refractivity (Wildman–Crippen MR) is 87.0 cm³/mol. The second kappa shape index (κ2) is 5.38. The highest BCUT2D eigenvalue weighted by atomic mass is 79.9. The summed E-state index contributed by atoms with van der Waals surface area (Å²) in [7, 11) is -3.33. The number of nitrogens with zero attached hydrogens (tertiary/aromatic N) is 1. The van der Waals surface area contributed by atoms with Crippen molar-refractivity contribution in [1.82, 2.24) is 4.31 Å². The maximum Gasteiger partial charge on any atom is 0.243 e. The van der Waals surface area contributed by atoms with E-state index in [1.165, 1.54) is 0 Å². The Labute approximate surface area is 137 Å². The van der Waals surface area contributed by atoms with Crippen molar-refractivity contribution in [3.05, 3.63) is 29.8 Å². The minimum absolute atomic E-state index is 0.152. The Hall–Kier alpha value is 0.0900. The van der Waals surface area contributed by atoms with Crippen molar-refractivity contribution < 1.29 is 8.42 Å². The maximum atomic E-state index is 12.7. The smallest absolute Gasteiger partial charge is 0.207 e. The van der Waals surface area contributed by atoms with Gasteiger partial charge in [-0.2, -0.15) is 4.31 Å². The van der Waals surface area contributed by atoms with E-state index in [1.54, 1.807) is 16.4 Å². The number of alkyl halides is 2. The standard InChI is InChI=1S/C14H17Br2NO2S/c1-9-2-4-11(5-3-9)20(18,19)17-8-10-6-12(15)13(16)7-14(10)17/h2-5,10,12-14H,6-8H2,1H3/t10-,12-,13+,14+/m1/s1. The molecule has 1 saturated heterocycles. The summed E-state index contributed by atoms with van der Waals surface area (Å²) in [4.78, 5) is 1.21. The van der Waals surface area contributed by atoms with Crippen LogP contribution in [0.15, 0.2) is 29.2 Å². The molecule has 1 aliphatic carbocycles. The Balaban J connectivity index is 1.82. The van der Waals surface area contributed by atoms with Crippen LogP contribution in [0.25, 0.3) is 0 Å². The van der Waals surface area contributed by atoms with E-state index in [0.29, 0.717) is 27.0 Å². The molecule has 1 heterocycles. The van der Waals surface area contributed by atoms with Crippen LogP contribution < -0.4 is 0 Å². The van der Waals surface area contributed by atoms with E-state index in [9.17, 15) is 8.42 Å². The van der Waals surface area contributed by atoms with Crippen LogP contribution in [-0.2, 0) is 10.0 Å². The zero-order valence-electron chi connectivity index (χ0n) is 11.2. The lowest BCUT2D eigenvalue weighted by molar-refractivity contribution is 0.0667. The summed E-state index contributed by atoms with van der Waals surface area (Å²) >= 11 is 7.31. The van der Waals surface area contributed by atoms with Gasteiger partial charge in [-0.1, -0.05) is 49.6 Å². The van der Waals surface area contributed by atoms with Crippen LogP contribution in [0.3, 0.4) is 0 Å². The van der Waals surface area contributed by atoms with Crippen molar-refractivity contribution in [2.24, 2.45) is 5.92 Å². The predicted octanol–water partition coefficient (Wildman–Crippen LogP) is 3.30. The normalized spacial score (nSPS) is 34.4. The summed E-state index contributed by atoms with van der Waals surface area (Å²) in [5, 5.41) is 0. The number of benzene rings is 1. The molecule has 3 nitrogen and oxygen atoms in total. The van der Waals surface area contributed by atoms with Gasteiger partial charge in [-0.05, 0) is 37.8 Å². The molecule has 2 fully saturated rings. The number of halogens is 2. The molecule has 0 aromatic heterocycles. The first kappa shape index (κ1) is 15.0. The molecular formula is C14H17Br2NO2S. The molecule has 0 amide bonds. The minimum Gasteiger partial charge on any atom is -0.207 e. The largest absolute Gasteiger partial charge is 0.243 e. The van der Waals surface area contributed by atoms with Crippen LogP contribution in [0.5, 0.6) is 0 Å². The zero-order chi connectivity index (χ0) is 14.5. The van der Waals surface area contributed by atoms with Crippen molar-refractivity contribution in [1.29, 1.82) is 0 Å². The van der Waals surface area contributed by atoms with Crippen molar-refractivity contribution in [2.75, 3.05) is 6.54 Å². The lowest BCUT2D eigenvalue weighted by Crippen LogP contribution is -2.62. The number of aryl methyl sites for hydroxylation is 1. The van der Waals surface area contributed by atoms with Gasteiger partial charge in [-0.25, -0.2) is 8.42 Å². The number of hydrogen-bond acceptors (Lipinski definition) is 2. The molecule has 1 aliphatic heterocycles. The quantitative estimate of drug-likeness (QED) is 0.685. The highest BCUT2D eigenvalue weighted by Gasteiger charge is 2.50. The van der Waals surface area contributed by atoms with Crippen LogP contribution >= 0.6 is 31.9 Å². The first-order valence-electron chi connectivity index (χ1n) is 6.76. The second-order valence-electron chi connectivity index (χ2n) is 5.72. The maximum absolute atomic E-state index is 12.7. The number of hydrogen-bond donors (Lipinski definition) is 0. The number of sulfonamides is 1. The lowest BCUT2D eigenvalue weighted by atomic mass is 9.79. The first-order valence-corrected chi connectivity index (χ1v) is 10.0. The minimum atomic E-state index is -3.33. The van der Waals surface area contributed by atoms with Gasteiger partial charge in [0.25, 0.3) is 0 Å². The van der Waals surface area contributed by atoms with Crippen molar-refractivity contribution >= 4 is 41.9 Å². The van der Waals surface area contributed by atoms with E-state index in [1.807, 2.05) is 19.1 Å². The Morgan fingerprint density at radius 2 is 1.70 bits per heavy atom. The summed E-state index contributed by atoms with van der Waals surface area (Å²) in [5.74, 6) is 0.494. The van der Waals surface area contributed by atoms with Crippen LogP contribution in [0.1, 0.15) is 18.4 Å². The average molecular weight is 423 g/mol. The van der Waals surface area contributed by atoms with Gasteiger partial charge in [0.2, 0.25) is 10.0 Å². The molecule has 0 spiro atoms. The van der Waals surface area contributed by atoms with Crippen LogP contribution in [0.2, 0.25) is 0 Å². The summed E-state index contributed by atoms with van der Waals surface area (Å²) in [5.41, 5.74) is 1.07. The zero-order valence-corrected chi connectivity index (χ0v) is 15.2. The number of rotatable bonds is 2. The van der Waals surface area contributed by atoms with Crippen molar-refractivity contribution in [3.8, 4) is 0 Å². The third-order valence-electron chi connectivity index (χ3n) is 4.34. The molecule has 0 radical (unpaired) electrons. The fourth-order valence-electron chi connectivity index (χ4n) is 3.06. The van der Waals surface area contributed by atoms with Crippen LogP contribution in [0.4, 0.5) is 0 Å². The Kier molecular flexibility index (Phi) is 4.03. The molecule has 0 bridgehead atoms. The monoisotopic (exact) mass is 421 g/mol. The first-order chi connectivity index (χ1) is 9.39. The van der Waals surface area contributed by atoms with Crippen LogP contribution in [0, 0.1) is 12.8 Å². The molecule has 4 atom stereocenters. The van der Waals surface area contributed by atoms with Gasteiger partial charge < -0.3 is 0 Å². The summed E-state index contributed by atoms with van der Waals surface area (Å²) < 4.78 is 27.0. The van der Waals surface area contributed by atoms with Gasteiger partial charge in [0.1, 0.15) is 0 Å². The number of fused-ring (bicyclic) bond motifs is 1. The average Bonchev–Trinajstić information content (AvgIpc) is 2.38. The van der Waals surface area contributed by atoms with E-state index in [-0.39, 0.29) is 6.04 Å². The summed E-state index contributed by atoms with van der Waals surface area (Å²) in [6.45, 7) is 2.62. The third-order valence-corrected chi connectivity index (χ3v) is 8.98. The SMILES string of the molecule is Cc1ccc(S(=O)(=O)N2C[C@H]3C[C@@H](Br)[C@@H](Br)C[C@@H]32)cc1. The van der Waals surface area contributed by atoms with Crippen molar-refractivity contribution in [2.45, 2.75) is 40.4 Å². The molecule has 20 heavy (non-hydrogen) atoms. The third kappa shape index (κ3) is 2.49. The highest BCUT2D eigenvalue weighted by molar-refractivity contribution is 9.12. The lowest BCUT2D eigenvalue weighted by Gasteiger charge is -2.52. The van der Waals surface area contributed by atoms with Crippen molar-refractivity contribution in [3.63, 3.8) is 0 Å². The molecule has 1 aromatic rings. The van der Waals surface area contributed by atoms with E-state index in [2.05, 4.69) is 31.9 Å². The molecule has 0 N–H and O–H groups in total.